The molecule has 1 atom stereocenters. The normalized spacial score (nSPS) is 14.7. The lowest BCUT2D eigenvalue weighted by atomic mass is 10.2. The van der Waals surface area contributed by atoms with Crippen LogP contribution in [0, 0.1) is 0 Å². The van der Waals surface area contributed by atoms with E-state index in [1.807, 2.05) is 18.2 Å². The van der Waals surface area contributed by atoms with E-state index in [9.17, 15) is 4.79 Å². The molecule has 5 N–H and O–H groups in total. The summed E-state index contributed by atoms with van der Waals surface area (Å²) in [5, 5.41) is 25.6. The lowest BCUT2D eigenvalue weighted by molar-refractivity contribution is 0.102. The Balaban J connectivity index is 1.42. The maximum atomic E-state index is 12.5. The average molecular weight is 479 g/mol. The summed E-state index contributed by atoms with van der Waals surface area (Å²) in [6.45, 7) is 0.0124. The molecule has 0 spiro atoms. The van der Waals surface area contributed by atoms with Gasteiger partial charge in [0.1, 0.15) is 18.5 Å². The van der Waals surface area contributed by atoms with Crippen molar-refractivity contribution in [3.8, 4) is 5.75 Å². The fourth-order valence-electron chi connectivity index (χ4n) is 2.92. The average Bonchev–Trinajstić information content (AvgIpc) is 3.33. The molecule has 8 nitrogen and oxygen atoms in total. The number of H-pyrrole nitrogens is 1. The predicted octanol–water partition coefficient (Wildman–Crippen LogP) is 3.99. The molecule has 0 bridgehead atoms. The van der Waals surface area contributed by atoms with Crippen molar-refractivity contribution in [3.05, 3.63) is 63.2 Å². The zero-order chi connectivity index (χ0) is 20.4. The third-order valence-corrected chi connectivity index (χ3v) is 5.06. The number of aromatic nitrogens is 2. The number of anilines is 3. The lowest BCUT2D eigenvalue weighted by Gasteiger charge is -2.09. The first-order chi connectivity index (χ1) is 14.0. The van der Waals surface area contributed by atoms with Crippen molar-refractivity contribution >= 4 is 50.6 Å². The van der Waals surface area contributed by atoms with Crippen LogP contribution in [0.25, 0.3) is 0 Å². The summed E-state index contributed by atoms with van der Waals surface area (Å²) >= 11 is 9.58. The van der Waals surface area contributed by atoms with Crippen LogP contribution in [0.15, 0.2) is 46.9 Å². The highest BCUT2D eigenvalue weighted by Crippen LogP contribution is 2.36. The number of aromatic amines is 1. The monoisotopic (exact) mass is 477 g/mol. The highest BCUT2D eigenvalue weighted by Gasteiger charge is 2.23. The predicted molar refractivity (Wildman–Crippen MR) is 115 cm³/mol. The first kappa shape index (κ1) is 19.6. The van der Waals surface area contributed by atoms with Crippen LogP contribution in [0.2, 0.25) is 5.02 Å². The number of rotatable bonds is 6. The molecule has 0 radical (unpaired) electrons. The third-order valence-electron chi connectivity index (χ3n) is 4.27. The van der Waals surface area contributed by atoms with Gasteiger partial charge in [-0.3, -0.25) is 9.89 Å². The number of nitrogens with zero attached hydrogens (tertiary/aromatic N) is 1. The highest BCUT2D eigenvalue weighted by molar-refractivity contribution is 9.10. The summed E-state index contributed by atoms with van der Waals surface area (Å²) in [7, 11) is 0. The summed E-state index contributed by atoms with van der Waals surface area (Å²) in [4.78, 5) is 12.5. The maximum Gasteiger partial charge on any atom is 0.256 e. The molecule has 1 aromatic heterocycles. The van der Waals surface area contributed by atoms with Gasteiger partial charge in [-0.25, -0.2) is 0 Å². The molecule has 1 unspecified atom stereocenters. The van der Waals surface area contributed by atoms with E-state index < -0.39 is 0 Å². The molecule has 4 rings (SSSR count). The van der Waals surface area contributed by atoms with Crippen LogP contribution >= 0.6 is 27.5 Å². The summed E-state index contributed by atoms with van der Waals surface area (Å²) < 4.78 is 6.27. The van der Waals surface area contributed by atoms with E-state index in [0.29, 0.717) is 17.1 Å². The molecule has 0 fully saturated rings. The van der Waals surface area contributed by atoms with Crippen LogP contribution < -0.4 is 20.7 Å². The van der Waals surface area contributed by atoms with Crippen LogP contribution in [-0.4, -0.2) is 34.4 Å². The van der Waals surface area contributed by atoms with Gasteiger partial charge in [-0.15, -0.1) is 0 Å². The van der Waals surface area contributed by atoms with Crippen molar-refractivity contribution in [1.82, 2.24) is 10.2 Å². The molecule has 3 aromatic rings. The Hall–Kier alpha value is -2.75. The van der Waals surface area contributed by atoms with Gasteiger partial charge in [0.25, 0.3) is 5.91 Å². The van der Waals surface area contributed by atoms with E-state index in [4.69, 9.17) is 21.4 Å². The molecule has 150 valence electrons. The second-order valence-corrected chi connectivity index (χ2v) is 7.61. The number of aliphatic hydroxyl groups excluding tert-OH is 1. The fraction of sp³-hybridized carbons (Fsp3) is 0.158. The van der Waals surface area contributed by atoms with E-state index in [1.54, 1.807) is 18.2 Å². The van der Waals surface area contributed by atoms with E-state index in [2.05, 4.69) is 42.1 Å². The Labute approximate surface area is 179 Å². The summed E-state index contributed by atoms with van der Waals surface area (Å²) in [5.74, 6) is 0.449. The third kappa shape index (κ3) is 4.31. The number of hydrogen-bond acceptors (Lipinski definition) is 6. The van der Waals surface area contributed by atoms with Gasteiger partial charge in [-0.05, 0) is 36.4 Å². The Kier molecular flexibility index (Phi) is 5.61. The van der Waals surface area contributed by atoms with Crippen molar-refractivity contribution in [3.63, 3.8) is 0 Å². The van der Waals surface area contributed by atoms with Gasteiger partial charge in [-0.1, -0.05) is 27.5 Å². The molecule has 1 aliphatic heterocycles. The summed E-state index contributed by atoms with van der Waals surface area (Å²) in [5.41, 5.74) is 3.10. The minimum absolute atomic E-state index is 0.118. The van der Waals surface area contributed by atoms with E-state index >= 15 is 0 Å². The lowest BCUT2D eigenvalue weighted by Crippen LogP contribution is -2.13. The molecule has 1 amide bonds. The topological polar surface area (TPSA) is 111 Å². The molecule has 29 heavy (non-hydrogen) atoms. The number of ether oxygens (including phenoxy) is 1. The van der Waals surface area contributed by atoms with Crippen LogP contribution in [0.1, 0.15) is 22.2 Å². The molecule has 0 saturated heterocycles. The van der Waals surface area contributed by atoms with Crippen molar-refractivity contribution in [1.29, 1.82) is 0 Å². The molecule has 2 aromatic carbocycles. The molecule has 0 aliphatic carbocycles. The SMILES string of the molecule is O=C(Nc1cc(C2Nc3ccc(Br)cc3N2)[nH]n1)c1ccc(OCCO)c(Cl)c1. The maximum absolute atomic E-state index is 12.5. The molecule has 2 heterocycles. The minimum Gasteiger partial charge on any atom is -0.490 e. The Bertz CT molecular complexity index is 1060. The van der Waals surface area contributed by atoms with Crippen LogP contribution in [0.3, 0.4) is 0 Å². The van der Waals surface area contributed by atoms with Crippen LogP contribution in [0.5, 0.6) is 5.75 Å². The standard InChI is InChI=1S/C19H17BrClN5O3/c20-11-2-3-13-14(8-11)23-18(22-13)15-9-17(26-25-15)24-19(28)10-1-4-16(12(21)7-10)29-6-5-27/h1-4,7-9,18,22-23,27H,5-6H2,(H2,24,25,26,28). The number of nitrogens with one attached hydrogen (secondary N) is 4. The number of aliphatic hydroxyl groups is 1. The van der Waals surface area contributed by atoms with Crippen LogP contribution in [0.4, 0.5) is 17.2 Å². The van der Waals surface area contributed by atoms with Crippen molar-refractivity contribution in [2.75, 3.05) is 29.2 Å². The number of carbonyl (C=O) groups is 1. The quantitative estimate of drug-likeness (QED) is 0.366. The second kappa shape index (κ2) is 8.32. The zero-order valence-electron chi connectivity index (χ0n) is 15.0. The zero-order valence-corrected chi connectivity index (χ0v) is 17.3. The number of benzene rings is 2. The molecular formula is C19H17BrClN5O3. The molecule has 0 saturated carbocycles. The molecule has 10 heteroatoms. The van der Waals surface area contributed by atoms with E-state index in [1.165, 1.54) is 6.07 Å². The van der Waals surface area contributed by atoms with Gasteiger partial charge in [-0.2, -0.15) is 5.10 Å². The van der Waals surface area contributed by atoms with Gasteiger partial charge < -0.3 is 25.8 Å². The summed E-state index contributed by atoms with van der Waals surface area (Å²) in [6.07, 6.45) is -0.185. The Morgan fingerprint density at radius 3 is 2.83 bits per heavy atom. The Morgan fingerprint density at radius 2 is 2.03 bits per heavy atom. The first-order valence-electron chi connectivity index (χ1n) is 8.76. The Morgan fingerprint density at radius 1 is 1.21 bits per heavy atom. The number of amides is 1. The van der Waals surface area contributed by atoms with E-state index in [0.717, 1.165) is 21.5 Å². The van der Waals surface area contributed by atoms with Crippen molar-refractivity contribution < 1.29 is 14.6 Å². The highest BCUT2D eigenvalue weighted by atomic mass is 79.9. The van der Waals surface area contributed by atoms with Crippen molar-refractivity contribution in [2.45, 2.75) is 6.17 Å². The van der Waals surface area contributed by atoms with Gasteiger partial charge in [0, 0.05) is 16.1 Å². The van der Waals surface area contributed by atoms with Gasteiger partial charge in [0.2, 0.25) is 0 Å². The number of fused-ring (bicyclic) bond motifs is 1. The molecular weight excluding hydrogens is 462 g/mol. The number of carbonyl (C=O) groups excluding carboxylic acids is 1. The van der Waals surface area contributed by atoms with Gasteiger partial charge in [0.05, 0.1) is 28.7 Å². The van der Waals surface area contributed by atoms with Crippen molar-refractivity contribution in [2.24, 2.45) is 0 Å². The summed E-state index contributed by atoms with van der Waals surface area (Å²) in [6, 6.07) is 12.4. The fourth-order valence-corrected chi connectivity index (χ4v) is 3.51. The van der Waals surface area contributed by atoms with Gasteiger partial charge >= 0.3 is 0 Å². The minimum atomic E-state index is -0.349. The largest absolute Gasteiger partial charge is 0.490 e. The number of hydrogen-bond donors (Lipinski definition) is 5. The second-order valence-electron chi connectivity index (χ2n) is 6.29. The number of halogens is 2. The van der Waals surface area contributed by atoms with Crippen LogP contribution in [-0.2, 0) is 0 Å². The van der Waals surface area contributed by atoms with E-state index in [-0.39, 0.29) is 30.3 Å². The smallest absolute Gasteiger partial charge is 0.256 e. The molecule has 1 aliphatic rings. The van der Waals surface area contributed by atoms with Gasteiger partial charge in [0.15, 0.2) is 5.82 Å². The first-order valence-corrected chi connectivity index (χ1v) is 9.93.